The molecule has 3 amide bonds. The number of amides is 3. The average Bonchev–Trinajstić information content (AvgIpc) is 3.07. The summed E-state index contributed by atoms with van der Waals surface area (Å²) in [6.07, 6.45) is 0.225. The Balaban J connectivity index is 1.67. The highest BCUT2D eigenvalue weighted by Crippen LogP contribution is 2.26. The summed E-state index contributed by atoms with van der Waals surface area (Å²) >= 11 is 0. The van der Waals surface area contributed by atoms with E-state index in [1.54, 1.807) is 23.1 Å². The molecule has 0 saturated carbocycles. The number of carbonyl (C=O) groups is 3. The fourth-order valence-corrected chi connectivity index (χ4v) is 3.10. The molecule has 0 bridgehead atoms. The van der Waals surface area contributed by atoms with Gasteiger partial charge < -0.3 is 25.0 Å². The largest absolute Gasteiger partial charge is 0.490 e. The molecule has 1 saturated heterocycles. The molecule has 0 aromatic heterocycles. The zero-order valence-corrected chi connectivity index (χ0v) is 17.6. The van der Waals surface area contributed by atoms with Crippen LogP contribution in [0.4, 0.5) is 0 Å². The number of para-hydroxylation sites is 2. The molecule has 8 nitrogen and oxygen atoms in total. The van der Waals surface area contributed by atoms with Gasteiger partial charge in [-0.1, -0.05) is 12.1 Å². The van der Waals surface area contributed by atoms with Gasteiger partial charge in [-0.15, -0.1) is 0 Å². The van der Waals surface area contributed by atoms with Crippen LogP contribution >= 0.6 is 0 Å². The maximum atomic E-state index is 12.3. The number of carbonyl (C=O) groups excluding carboxylic acids is 3. The molecule has 1 aromatic rings. The summed E-state index contributed by atoms with van der Waals surface area (Å²) in [7, 11) is 0. The number of nitrogens with one attached hydrogen (secondary N) is 2. The molecule has 8 heteroatoms. The normalized spacial score (nSPS) is 16.5. The number of nitrogens with zero attached hydrogens (tertiary/aromatic N) is 1. The van der Waals surface area contributed by atoms with Crippen LogP contribution in [0, 0.1) is 5.92 Å². The molecule has 1 aliphatic rings. The van der Waals surface area contributed by atoms with Crippen molar-refractivity contribution in [2.24, 2.45) is 5.92 Å². The first-order chi connectivity index (χ1) is 13.7. The summed E-state index contributed by atoms with van der Waals surface area (Å²) in [6.45, 7) is 9.10. The number of benzene rings is 1. The molecule has 0 spiro atoms. The highest BCUT2D eigenvalue weighted by molar-refractivity contribution is 5.89. The van der Waals surface area contributed by atoms with Crippen molar-refractivity contribution in [2.75, 3.05) is 32.8 Å². The highest BCUT2D eigenvalue weighted by atomic mass is 16.5. The van der Waals surface area contributed by atoms with Crippen molar-refractivity contribution in [3.05, 3.63) is 24.3 Å². The zero-order valence-electron chi connectivity index (χ0n) is 17.6. The molecule has 160 valence electrons. The highest BCUT2D eigenvalue weighted by Gasteiger charge is 2.39. The Labute approximate surface area is 171 Å². The van der Waals surface area contributed by atoms with Crippen LogP contribution in [0.2, 0.25) is 0 Å². The van der Waals surface area contributed by atoms with Crippen LogP contribution in [0.1, 0.15) is 34.1 Å². The van der Waals surface area contributed by atoms with E-state index in [4.69, 9.17) is 9.47 Å². The third kappa shape index (κ3) is 6.66. The van der Waals surface area contributed by atoms with E-state index in [1.807, 2.05) is 33.8 Å². The Kier molecular flexibility index (Phi) is 7.87. The van der Waals surface area contributed by atoms with Gasteiger partial charge in [-0.25, -0.2) is 0 Å². The molecule has 1 aliphatic heterocycles. The second-order valence-electron chi connectivity index (χ2n) is 7.89. The van der Waals surface area contributed by atoms with E-state index in [0.29, 0.717) is 31.2 Å². The molecule has 29 heavy (non-hydrogen) atoms. The Hall–Kier alpha value is -2.77. The van der Waals surface area contributed by atoms with Crippen LogP contribution in [-0.4, -0.2) is 61.0 Å². The molecular weight excluding hydrogens is 374 g/mol. The number of hydrogen-bond donors (Lipinski definition) is 2. The van der Waals surface area contributed by atoms with Gasteiger partial charge in [0.1, 0.15) is 0 Å². The molecule has 0 aliphatic carbocycles. The van der Waals surface area contributed by atoms with E-state index in [-0.39, 0.29) is 48.8 Å². The number of rotatable bonds is 9. The van der Waals surface area contributed by atoms with Crippen molar-refractivity contribution in [2.45, 2.75) is 39.7 Å². The van der Waals surface area contributed by atoms with Gasteiger partial charge in [0.2, 0.25) is 11.8 Å². The summed E-state index contributed by atoms with van der Waals surface area (Å²) < 4.78 is 10.9. The van der Waals surface area contributed by atoms with E-state index in [2.05, 4.69) is 10.6 Å². The number of ether oxygens (including phenoxy) is 2. The quantitative estimate of drug-likeness (QED) is 0.605. The van der Waals surface area contributed by atoms with Gasteiger partial charge in [0.25, 0.3) is 5.91 Å². The molecule has 1 aromatic carbocycles. The molecule has 2 rings (SSSR count). The summed E-state index contributed by atoms with van der Waals surface area (Å²) in [5.41, 5.74) is -0.291. The fraction of sp³-hybridized carbons (Fsp3) is 0.571. The van der Waals surface area contributed by atoms with Gasteiger partial charge in [0.05, 0.1) is 12.5 Å². The standard InChI is InChI=1S/C21H31N3O5/c1-5-28-16-8-6-7-9-17(16)29-14-18(25)22-10-11-23-20(27)15-12-19(26)24(13-15)21(2,3)4/h6-9,15H,5,10-14H2,1-4H3,(H,22,25)(H,23,27). The maximum absolute atomic E-state index is 12.3. The van der Waals surface area contributed by atoms with Crippen molar-refractivity contribution in [3.8, 4) is 11.5 Å². The predicted octanol–water partition coefficient (Wildman–Crippen LogP) is 1.34. The van der Waals surface area contributed by atoms with Gasteiger partial charge in [-0.2, -0.15) is 0 Å². The third-order valence-corrected chi connectivity index (χ3v) is 4.56. The lowest BCUT2D eigenvalue weighted by molar-refractivity contribution is -0.132. The summed E-state index contributed by atoms with van der Waals surface area (Å²) in [6, 6.07) is 7.15. The van der Waals surface area contributed by atoms with Crippen LogP contribution in [0.25, 0.3) is 0 Å². The summed E-state index contributed by atoms with van der Waals surface area (Å²) in [5.74, 6) is 0.283. The van der Waals surface area contributed by atoms with Gasteiger partial charge in [0.15, 0.2) is 18.1 Å². The lowest BCUT2D eigenvalue weighted by atomic mass is 10.1. The van der Waals surface area contributed by atoms with Crippen LogP contribution in [0.3, 0.4) is 0 Å². The zero-order chi connectivity index (χ0) is 21.4. The maximum Gasteiger partial charge on any atom is 0.258 e. The predicted molar refractivity (Wildman–Crippen MR) is 109 cm³/mol. The van der Waals surface area contributed by atoms with Crippen LogP contribution in [0.5, 0.6) is 11.5 Å². The van der Waals surface area contributed by atoms with Crippen molar-refractivity contribution >= 4 is 17.7 Å². The molecule has 0 radical (unpaired) electrons. The fourth-order valence-electron chi connectivity index (χ4n) is 3.10. The van der Waals surface area contributed by atoms with Crippen molar-refractivity contribution < 1.29 is 23.9 Å². The minimum atomic E-state index is -0.351. The first-order valence-electron chi connectivity index (χ1n) is 9.92. The third-order valence-electron chi connectivity index (χ3n) is 4.56. The second kappa shape index (κ2) is 10.1. The van der Waals surface area contributed by atoms with E-state index in [1.165, 1.54) is 0 Å². The first kappa shape index (κ1) is 22.5. The number of hydrogen-bond acceptors (Lipinski definition) is 5. The molecule has 1 heterocycles. The van der Waals surface area contributed by atoms with Crippen molar-refractivity contribution in [1.29, 1.82) is 0 Å². The molecule has 1 atom stereocenters. The van der Waals surface area contributed by atoms with E-state index >= 15 is 0 Å². The Morgan fingerprint density at radius 1 is 1.10 bits per heavy atom. The SMILES string of the molecule is CCOc1ccccc1OCC(=O)NCCNC(=O)C1CC(=O)N(C(C)(C)C)C1. The lowest BCUT2D eigenvalue weighted by Gasteiger charge is -2.31. The monoisotopic (exact) mass is 405 g/mol. The summed E-state index contributed by atoms with van der Waals surface area (Å²) in [5, 5.41) is 5.47. The summed E-state index contributed by atoms with van der Waals surface area (Å²) in [4.78, 5) is 38.0. The first-order valence-corrected chi connectivity index (χ1v) is 9.92. The second-order valence-corrected chi connectivity index (χ2v) is 7.89. The van der Waals surface area contributed by atoms with E-state index < -0.39 is 0 Å². The van der Waals surface area contributed by atoms with Gasteiger partial charge >= 0.3 is 0 Å². The van der Waals surface area contributed by atoms with Gasteiger partial charge in [-0.3, -0.25) is 14.4 Å². The van der Waals surface area contributed by atoms with Gasteiger partial charge in [0, 0.05) is 31.6 Å². The molecule has 2 N–H and O–H groups in total. The smallest absolute Gasteiger partial charge is 0.258 e. The lowest BCUT2D eigenvalue weighted by Crippen LogP contribution is -2.43. The Bertz CT molecular complexity index is 729. The van der Waals surface area contributed by atoms with E-state index in [0.717, 1.165) is 0 Å². The number of likely N-dealkylation sites (tertiary alicyclic amines) is 1. The van der Waals surface area contributed by atoms with Crippen molar-refractivity contribution in [3.63, 3.8) is 0 Å². The topological polar surface area (TPSA) is 97.0 Å². The van der Waals surface area contributed by atoms with Gasteiger partial charge in [-0.05, 0) is 39.8 Å². The van der Waals surface area contributed by atoms with Crippen molar-refractivity contribution in [1.82, 2.24) is 15.5 Å². The molecular formula is C21H31N3O5. The van der Waals surface area contributed by atoms with Crippen LogP contribution in [0.15, 0.2) is 24.3 Å². The average molecular weight is 405 g/mol. The minimum Gasteiger partial charge on any atom is -0.490 e. The van der Waals surface area contributed by atoms with E-state index in [9.17, 15) is 14.4 Å². The Morgan fingerprint density at radius 2 is 1.72 bits per heavy atom. The minimum absolute atomic E-state index is 0.00423. The molecule has 1 unspecified atom stereocenters. The molecule has 1 fully saturated rings. The Morgan fingerprint density at radius 3 is 2.31 bits per heavy atom. The van der Waals surface area contributed by atoms with Crippen LogP contribution < -0.4 is 20.1 Å². The van der Waals surface area contributed by atoms with Crippen LogP contribution in [-0.2, 0) is 14.4 Å².